The van der Waals surface area contributed by atoms with Crippen molar-refractivity contribution in [3.8, 4) is 11.5 Å². The first-order chi connectivity index (χ1) is 9.69. The quantitative estimate of drug-likeness (QED) is 0.571. The summed E-state index contributed by atoms with van der Waals surface area (Å²) in [5.74, 6) is 0.341. The minimum absolute atomic E-state index is 0. The van der Waals surface area contributed by atoms with Crippen LogP contribution in [0, 0.1) is 0 Å². The Morgan fingerprint density at radius 3 is 1.23 bits per heavy atom. The van der Waals surface area contributed by atoms with Crippen LogP contribution < -0.4 is 113 Å². The van der Waals surface area contributed by atoms with E-state index in [0.717, 1.165) is 36.8 Å². The molecule has 0 radical (unpaired) electrons. The molecule has 0 heterocycles. The van der Waals surface area contributed by atoms with Gasteiger partial charge in [0.1, 0.15) is 0 Å². The minimum Gasteiger partial charge on any atom is -0.872 e. The van der Waals surface area contributed by atoms with Crippen LogP contribution >= 0.6 is 0 Å². The average Bonchev–Trinajstić information content (AvgIpc) is 2.45. The largest absolute Gasteiger partial charge is 1.00 e. The number of rotatable bonds is 4. The van der Waals surface area contributed by atoms with E-state index in [1.807, 2.05) is 24.3 Å². The topological polar surface area (TPSA) is 46.1 Å². The van der Waals surface area contributed by atoms with Crippen molar-refractivity contribution in [2.24, 2.45) is 0 Å². The molecule has 2 rings (SSSR count). The molecule has 0 aliphatic carbocycles. The smallest absolute Gasteiger partial charge is 0.872 e. The van der Waals surface area contributed by atoms with Gasteiger partial charge in [0.25, 0.3) is 0 Å². The van der Waals surface area contributed by atoms with Crippen LogP contribution in [0.1, 0.15) is 37.8 Å². The average molecular weight is 349 g/mol. The zero-order valence-electron chi connectivity index (χ0n) is 14.3. The van der Waals surface area contributed by atoms with Crippen LogP contribution in [0.3, 0.4) is 0 Å². The standard InChI is InChI=1S/2C9H12O.2K/c2*1-2-5-8-6-3-4-7-9(8)10;;/h2*3-4,6-7,10H,2,5H2,1H3;;/q;;2*+1/p-2. The molecule has 108 valence electrons. The van der Waals surface area contributed by atoms with E-state index in [0.29, 0.717) is 0 Å². The van der Waals surface area contributed by atoms with Crippen molar-refractivity contribution < 1.29 is 113 Å². The van der Waals surface area contributed by atoms with Gasteiger partial charge in [0.05, 0.1) is 0 Å². The molecule has 0 bridgehead atoms. The van der Waals surface area contributed by atoms with Crippen molar-refractivity contribution in [3.05, 3.63) is 59.7 Å². The van der Waals surface area contributed by atoms with Crippen molar-refractivity contribution >= 4 is 0 Å². The maximum absolute atomic E-state index is 11.0. The van der Waals surface area contributed by atoms with Gasteiger partial charge in [0.15, 0.2) is 0 Å². The van der Waals surface area contributed by atoms with E-state index < -0.39 is 0 Å². The normalized spacial score (nSPS) is 8.82. The van der Waals surface area contributed by atoms with Gasteiger partial charge in [-0.25, -0.2) is 0 Å². The molecule has 0 aliphatic heterocycles. The van der Waals surface area contributed by atoms with Gasteiger partial charge in [-0.2, -0.15) is 0 Å². The number of benzene rings is 2. The predicted molar refractivity (Wildman–Crippen MR) is 79.8 cm³/mol. The summed E-state index contributed by atoms with van der Waals surface area (Å²) in [5.41, 5.74) is 1.87. The van der Waals surface area contributed by atoms with Crippen LogP contribution in [0.5, 0.6) is 11.5 Å². The molecule has 0 spiro atoms. The molecule has 0 amide bonds. The molecule has 0 saturated heterocycles. The summed E-state index contributed by atoms with van der Waals surface area (Å²) < 4.78 is 0. The van der Waals surface area contributed by atoms with Crippen LogP contribution in [0.4, 0.5) is 0 Å². The van der Waals surface area contributed by atoms with Gasteiger partial charge in [-0.3, -0.25) is 0 Å². The van der Waals surface area contributed by atoms with Gasteiger partial charge in [-0.15, -0.1) is 11.5 Å². The zero-order valence-corrected chi connectivity index (χ0v) is 20.5. The third-order valence-corrected chi connectivity index (χ3v) is 2.98. The number of para-hydroxylation sites is 2. The van der Waals surface area contributed by atoms with E-state index in [1.165, 1.54) is 0 Å². The molecule has 2 aromatic rings. The van der Waals surface area contributed by atoms with E-state index in [-0.39, 0.29) is 114 Å². The second-order valence-corrected chi connectivity index (χ2v) is 4.72. The van der Waals surface area contributed by atoms with Crippen LogP contribution in [-0.4, -0.2) is 0 Å². The first kappa shape index (κ1) is 25.6. The van der Waals surface area contributed by atoms with Crippen molar-refractivity contribution in [2.45, 2.75) is 39.5 Å². The number of hydrogen-bond donors (Lipinski definition) is 0. The molecule has 4 heteroatoms. The van der Waals surface area contributed by atoms with Gasteiger partial charge in [0, 0.05) is 0 Å². The molecule has 0 N–H and O–H groups in total. The monoisotopic (exact) mass is 348 g/mol. The van der Waals surface area contributed by atoms with Crippen LogP contribution in [0.15, 0.2) is 48.5 Å². The van der Waals surface area contributed by atoms with Gasteiger partial charge in [-0.1, -0.05) is 86.3 Å². The molecular formula is C18H22K2O2. The zero-order chi connectivity index (χ0) is 14.8. The Bertz CT molecular complexity index is 468. The second kappa shape index (κ2) is 15.8. The van der Waals surface area contributed by atoms with Crippen molar-refractivity contribution in [2.75, 3.05) is 0 Å². The molecule has 0 aliphatic rings. The van der Waals surface area contributed by atoms with Crippen molar-refractivity contribution in [1.82, 2.24) is 0 Å². The first-order valence-electron chi connectivity index (χ1n) is 7.18. The first-order valence-corrected chi connectivity index (χ1v) is 7.18. The Labute approximate surface area is 219 Å². The number of hydrogen-bond acceptors (Lipinski definition) is 2. The fourth-order valence-corrected chi connectivity index (χ4v) is 1.96. The van der Waals surface area contributed by atoms with Gasteiger partial charge < -0.3 is 10.2 Å². The fourth-order valence-electron chi connectivity index (χ4n) is 1.96. The van der Waals surface area contributed by atoms with Crippen LogP contribution in [0.25, 0.3) is 0 Å². The molecule has 2 nitrogen and oxygen atoms in total. The Kier molecular flexibility index (Phi) is 18.4. The summed E-state index contributed by atoms with van der Waals surface area (Å²) in [5, 5.41) is 22.0. The predicted octanol–water partition coefficient (Wildman–Crippen LogP) is -2.57. The van der Waals surface area contributed by atoms with Gasteiger partial charge in [-0.05, 0) is 12.8 Å². The Morgan fingerprint density at radius 1 is 0.636 bits per heavy atom. The van der Waals surface area contributed by atoms with Gasteiger partial charge >= 0.3 is 103 Å². The Balaban J connectivity index is 0. The maximum Gasteiger partial charge on any atom is 1.00 e. The van der Waals surface area contributed by atoms with Crippen molar-refractivity contribution in [1.29, 1.82) is 0 Å². The molecular weight excluding hydrogens is 326 g/mol. The van der Waals surface area contributed by atoms with E-state index in [1.54, 1.807) is 24.3 Å². The maximum atomic E-state index is 11.0. The third kappa shape index (κ3) is 10.2. The van der Waals surface area contributed by atoms with E-state index in [4.69, 9.17) is 0 Å². The minimum atomic E-state index is 0. The number of aryl methyl sites for hydroxylation is 2. The van der Waals surface area contributed by atoms with E-state index in [9.17, 15) is 10.2 Å². The summed E-state index contributed by atoms with van der Waals surface area (Å²) in [7, 11) is 0. The molecule has 0 atom stereocenters. The molecule has 0 saturated carbocycles. The fraction of sp³-hybridized carbons (Fsp3) is 0.333. The van der Waals surface area contributed by atoms with E-state index >= 15 is 0 Å². The molecule has 0 fully saturated rings. The summed E-state index contributed by atoms with van der Waals surface area (Å²) >= 11 is 0. The second-order valence-electron chi connectivity index (χ2n) is 4.72. The summed E-state index contributed by atoms with van der Waals surface area (Å²) in [6.45, 7) is 4.15. The summed E-state index contributed by atoms with van der Waals surface area (Å²) in [6.07, 6.45) is 3.89. The van der Waals surface area contributed by atoms with Crippen molar-refractivity contribution in [3.63, 3.8) is 0 Å². The molecule has 2 aromatic carbocycles. The third-order valence-electron chi connectivity index (χ3n) is 2.98. The molecule has 0 unspecified atom stereocenters. The van der Waals surface area contributed by atoms with Crippen LogP contribution in [-0.2, 0) is 12.8 Å². The summed E-state index contributed by atoms with van der Waals surface area (Å²) in [6, 6.07) is 14.4. The van der Waals surface area contributed by atoms with Gasteiger partial charge in [0.2, 0.25) is 0 Å². The Morgan fingerprint density at radius 2 is 0.955 bits per heavy atom. The van der Waals surface area contributed by atoms with Crippen LogP contribution in [0.2, 0.25) is 0 Å². The molecule has 22 heavy (non-hydrogen) atoms. The Hall–Kier alpha value is 1.31. The molecule has 0 aromatic heterocycles. The SMILES string of the molecule is CCCc1ccccc1[O-].CCCc1ccccc1[O-].[K+].[K+]. The van der Waals surface area contributed by atoms with E-state index in [2.05, 4.69) is 13.8 Å². The summed E-state index contributed by atoms with van der Waals surface area (Å²) in [4.78, 5) is 0.